The zero-order chi connectivity index (χ0) is 24.9. The van der Waals surface area contributed by atoms with Crippen molar-refractivity contribution in [3.8, 4) is 0 Å². The monoisotopic (exact) mass is 492 g/mol. The van der Waals surface area contributed by atoms with Crippen molar-refractivity contribution < 1.29 is 37.0 Å². The van der Waals surface area contributed by atoms with E-state index in [4.69, 9.17) is 14.2 Å². The van der Waals surface area contributed by atoms with E-state index < -0.39 is 34.4 Å². The molecule has 0 N–H and O–H groups in total. The van der Waals surface area contributed by atoms with Gasteiger partial charge in [-0.3, -0.25) is 9.59 Å². The maximum atomic E-state index is 12.7. The summed E-state index contributed by atoms with van der Waals surface area (Å²) in [5.74, 6) is -1.57. The lowest BCUT2D eigenvalue weighted by Gasteiger charge is -2.26. The fourth-order valence-electron chi connectivity index (χ4n) is 3.61. The third-order valence-electron chi connectivity index (χ3n) is 5.50. The molecule has 184 valence electrons. The van der Waals surface area contributed by atoms with Crippen molar-refractivity contribution >= 4 is 27.7 Å². The maximum absolute atomic E-state index is 12.7. The first kappa shape index (κ1) is 25.6. The first-order valence-electron chi connectivity index (χ1n) is 10.9. The first-order valence-corrected chi connectivity index (χ1v) is 12.3. The third-order valence-corrected chi connectivity index (χ3v) is 7.42. The summed E-state index contributed by atoms with van der Waals surface area (Å²) in [5, 5.41) is 0. The molecule has 3 rings (SSSR count). The number of ether oxygens (including phenoxy) is 3. The average Bonchev–Trinajstić information content (AvgIpc) is 3.11. The van der Waals surface area contributed by atoms with Crippen LogP contribution in [0.2, 0.25) is 0 Å². The second-order valence-electron chi connectivity index (χ2n) is 7.72. The summed E-state index contributed by atoms with van der Waals surface area (Å²) in [4.78, 5) is 36.9. The van der Waals surface area contributed by atoms with Crippen LogP contribution in [0.5, 0.6) is 0 Å². The van der Waals surface area contributed by atoms with E-state index in [2.05, 4.69) is 0 Å². The van der Waals surface area contributed by atoms with Crippen LogP contribution < -0.4 is 0 Å². The van der Waals surface area contributed by atoms with E-state index in [9.17, 15) is 22.8 Å². The molecule has 2 heterocycles. The summed E-state index contributed by atoms with van der Waals surface area (Å²) in [7, 11) is -3.66. The largest absolute Gasteiger partial charge is 0.462 e. The zero-order valence-electron chi connectivity index (χ0n) is 19.4. The van der Waals surface area contributed by atoms with Gasteiger partial charge in [-0.1, -0.05) is 0 Å². The molecule has 0 aliphatic carbocycles. The Morgan fingerprint density at radius 2 is 1.68 bits per heavy atom. The molecule has 0 bridgehead atoms. The minimum atomic E-state index is -3.66. The molecule has 11 heteroatoms. The lowest BCUT2D eigenvalue weighted by Crippen LogP contribution is -2.40. The standard InChI is InChI=1S/C23H28N2O8S/c1-4-32-23(28)20-13-16(2)25(17(20)3)14-22(27)33-15-21(26)18-5-7-19(8-6-18)34(29,30)24-9-11-31-12-10-24/h5-8,13H,4,9-12,14-15H2,1-3H3. The molecule has 0 amide bonds. The highest BCUT2D eigenvalue weighted by atomic mass is 32.2. The number of hydrogen-bond acceptors (Lipinski definition) is 8. The molecule has 1 saturated heterocycles. The minimum Gasteiger partial charge on any atom is -0.462 e. The summed E-state index contributed by atoms with van der Waals surface area (Å²) in [5.41, 5.74) is 1.85. The molecule has 34 heavy (non-hydrogen) atoms. The van der Waals surface area contributed by atoms with Crippen LogP contribution in [0.25, 0.3) is 0 Å². The van der Waals surface area contributed by atoms with Crippen LogP contribution in [-0.2, 0) is 35.6 Å². The van der Waals surface area contributed by atoms with Crippen LogP contribution in [0.3, 0.4) is 0 Å². The van der Waals surface area contributed by atoms with Crippen molar-refractivity contribution in [2.75, 3.05) is 39.5 Å². The fourth-order valence-corrected chi connectivity index (χ4v) is 5.02. The molecule has 1 aliphatic rings. The van der Waals surface area contributed by atoms with E-state index in [1.54, 1.807) is 31.4 Å². The van der Waals surface area contributed by atoms with E-state index in [0.717, 1.165) is 0 Å². The van der Waals surface area contributed by atoms with Crippen molar-refractivity contribution in [3.63, 3.8) is 0 Å². The second kappa shape index (κ2) is 10.9. The Morgan fingerprint density at radius 1 is 1.03 bits per heavy atom. The Morgan fingerprint density at radius 3 is 2.29 bits per heavy atom. The van der Waals surface area contributed by atoms with Gasteiger partial charge in [0.2, 0.25) is 10.0 Å². The number of nitrogens with zero attached hydrogens (tertiary/aromatic N) is 2. The number of esters is 2. The molecular weight excluding hydrogens is 464 g/mol. The lowest BCUT2D eigenvalue weighted by molar-refractivity contribution is -0.143. The summed E-state index contributed by atoms with van der Waals surface area (Å²) >= 11 is 0. The number of aromatic nitrogens is 1. The van der Waals surface area contributed by atoms with Crippen molar-refractivity contribution in [2.45, 2.75) is 32.2 Å². The number of benzene rings is 1. The van der Waals surface area contributed by atoms with Gasteiger partial charge in [0, 0.05) is 30.0 Å². The Bertz CT molecular complexity index is 1160. The molecule has 0 atom stereocenters. The van der Waals surface area contributed by atoms with Gasteiger partial charge in [-0.2, -0.15) is 4.31 Å². The van der Waals surface area contributed by atoms with Gasteiger partial charge in [-0.25, -0.2) is 13.2 Å². The molecule has 1 aromatic carbocycles. The number of aryl methyl sites for hydroxylation is 1. The Labute approximate surface area is 198 Å². The smallest absolute Gasteiger partial charge is 0.339 e. The minimum absolute atomic E-state index is 0.0823. The number of Topliss-reactive ketones (excluding diaryl/α,β-unsaturated/α-hetero) is 1. The van der Waals surface area contributed by atoms with Crippen LogP contribution in [0, 0.1) is 13.8 Å². The van der Waals surface area contributed by atoms with Crippen LogP contribution >= 0.6 is 0 Å². The van der Waals surface area contributed by atoms with Crippen LogP contribution in [0.4, 0.5) is 0 Å². The molecular formula is C23H28N2O8S. The van der Waals surface area contributed by atoms with Gasteiger partial charge in [0.25, 0.3) is 0 Å². The first-order chi connectivity index (χ1) is 16.1. The third kappa shape index (κ3) is 5.72. The van der Waals surface area contributed by atoms with Crippen LogP contribution in [-0.4, -0.2) is 74.5 Å². The molecule has 0 saturated carbocycles. The number of morpholine rings is 1. The van der Waals surface area contributed by atoms with Gasteiger partial charge < -0.3 is 18.8 Å². The number of hydrogen-bond donors (Lipinski definition) is 0. The van der Waals surface area contributed by atoms with Crippen LogP contribution in [0.1, 0.15) is 39.0 Å². The van der Waals surface area contributed by atoms with Crippen LogP contribution in [0.15, 0.2) is 35.2 Å². The SMILES string of the molecule is CCOC(=O)c1cc(C)n(CC(=O)OCC(=O)c2ccc(S(=O)(=O)N3CCOCC3)cc2)c1C. The Balaban J connectivity index is 1.59. The molecule has 2 aromatic rings. The van der Waals surface area contributed by atoms with Crippen molar-refractivity contribution in [3.05, 3.63) is 52.8 Å². The normalized spacial score (nSPS) is 14.6. The van der Waals surface area contributed by atoms with E-state index in [-0.39, 0.29) is 36.7 Å². The molecule has 0 unspecified atom stereocenters. The van der Waals surface area contributed by atoms with E-state index >= 15 is 0 Å². The number of rotatable bonds is 9. The van der Waals surface area contributed by atoms with Gasteiger partial charge in [0.1, 0.15) is 6.54 Å². The van der Waals surface area contributed by atoms with Crippen molar-refractivity contribution in [1.82, 2.24) is 8.87 Å². The molecule has 0 radical (unpaired) electrons. The second-order valence-corrected chi connectivity index (χ2v) is 9.65. The number of sulfonamides is 1. The topological polar surface area (TPSA) is 121 Å². The van der Waals surface area contributed by atoms with Gasteiger partial charge in [-0.15, -0.1) is 0 Å². The lowest BCUT2D eigenvalue weighted by atomic mass is 10.1. The van der Waals surface area contributed by atoms with Gasteiger partial charge in [0.05, 0.1) is 30.3 Å². The predicted molar refractivity (Wildman–Crippen MR) is 121 cm³/mol. The summed E-state index contributed by atoms with van der Waals surface area (Å²) in [6.07, 6.45) is 0. The fraction of sp³-hybridized carbons (Fsp3) is 0.435. The van der Waals surface area contributed by atoms with E-state index in [1.807, 2.05) is 0 Å². The van der Waals surface area contributed by atoms with Crippen molar-refractivity contribution in [1.29, 1.82) is 0 Å². The van der Waals surface area contributed by atoms with E-state index in [0.29, 0.717) is 30.2 Å². The molecule has 10 nitrogen and oxygen atoms in total. The average molecular weight is 493 g/mol. The highest BCUT2D eigenvalue weighted by Gasteiger charge is 2.26. The van der Waals surface area contributed by atoms with Gasteiger partial charge >= 0.3 is 11.9 Å². The van der Waals surface area contributed by atoms with E-state index in [1.165, 1.54) is 28.6 Å². The molecule has 1 aliphatic heterocycles. The Kier molecular flexibility index (Phi) is 8.24. The molecule has 0 spiro atoms. The van der Waals surface area contributed by atoms with Gasteiger partial charge in [-0.05, 0) is 51.1 Å². The molecule has 1 aromatic heterocycles. The number of ketones is 1. The zero-order valence-corrected chi connectivity index (χ0v) is 20.2. The highest BCUT2D eigenvalue weighted by Crippen LogP contribution is 2.19. The van der Waals surface area contributed by atoms with Gasteiger partial charge in [0.15, 0.2) is 12.4 Å². The number of carbonyl (C=O) groups is 3. The Hall–Kier alpha value is -3.02. The highest BCUT2D eigenvalue weighted by molar-refractivity contribution is 7.89. The summed E-state index contributed by atoms with van der Waals surface area (Å²) in [6.45, 7) is 5.99. The molecule has 1 fully saturated rings. The predicted octanol–water partition coefficient (Wildman–Crippen LogP) is 1.73. The quantitative estimate of drug-likeness (QED) is 0.383. The maximum Gasteiger partial charge on any atom is 0.339 e. The summed E-state index contributed by atoms with van der Waals surface area (Å²) in [6, 6.07) is 7.16. The number of carbonyl (C=O) groups excluding carboxylic acids is 3. The van der Waals surface area contributed by atoms with Crippen molar-refractivity contribution in [2.24, 2.45) is 0 Å². The summed E-state index contributed by atoms with van der Waals surface area (Å²) < 4.78 is 43.6.